The lowest BCUT2D eigenvalue weighted by Crippen LogP contribution is -2.16. The van der Waals surface area contributed by atoms with Gasteiger partial charge in [0.1, 0.15) is 0 Å². The highest BCUT2D eigenvalue weighted by Gasteiger charge is 2.15. The van der Waals surface area contributed by atoms with Gasteiger partial charge < -0.3 is 15.8 Å². The van der Waals surface area contributed by atoms with Gasteiger partial charge in [-0.1, -0.05) is 36.7 Å². The third kappa shape index (κ3) is 7.96. The zero-order valence-corrected chi connectivity index (χ0v) is 15.2. The number of amides is 1. The number of carbonyl (C=O) groups is 2. The van der Waals surface area contributed by atoms with Crippen molar-refractivity contribution in [1.29, 1.82) is 0 Å². The molecular formula is C18H24ClN3O3. The Morgan fingerprint density at radius 1 is 1.40 bits per heavy atom. The molecule has 0 saturated heterocycles. The third-order valence-electron chi connectivity index (χ3n) is 3.55. The minimum Gasteiger partial charge on any atom is -0.466 e. The number of rotatable bonds is 10. The Morgan fingerprint density at radius 3 is 2.68 bits per heavy atom. The lowest BCUT2D eigenvalue weighted by molar-refractivity contribution is -0.142. The van der Waals surface area contributed by atoms with Crippen LogP contribution in [-0.2, 0) is 14.3 Å². The molecule has 0 radical (unpaired) electrons. The molecule has 3 N–H and O–H groups in total. The average molecular weight is 366 g/mol. The molecule has 1 aromatic carbocycles. The fraction of sp³-hybridized carbons (Fsp3) is 0.389. The van der Waals surface area contributed by atoms with Gasteiger partial charge in [0.25, 0.3) is 0 Å². The van der Waals surface area contributed by atoms with Gasteiger partial charge in [0.05, 0.1) is 19.4 Å². The topological polar surface area (TPSA) is 93.8 Å². The molecule has 0 saturated carbocycles. The molecule has 136 valence electrons. The summed E-state index contributed by atoms with van der Waals surface area (Å²) in [5.41, 5.74) is 7.88. The highest BCUT2D eigenvalue weighted by atomic mass is 35.5. The van der Waals surface area contributed by atoms with Crippen LogP contribution in [0.4, 0.5) is 0 Å². The van der Waals surface area contributed by atoms with Crippen LogP contribution in [0.25, 0.3) is 0 Å². The normalized spacial score (nSPS) is 14.2. The zero-order valence-electron chi connectivity index (χ0n) is 14.4. The van der Waals surface area contributed by atoms with Gasteiger partial charge in [-0.3, -0.25) is 9.59 Å². The van der Waals surface area contributed by atoms with Crippen LogP contribution in [0.1, 0.15) is 38.3 Å². The molecule has 0 aromatic heterocycles. The van der Waals surface area contributed by atoms with Crippen LogP contribution in [0.2, 0.25) is 5.02 Å². The van der Waals surface area contributed by atoms with Crippen molar-refractivity contribution in [2.75, 3.05) is 6.61 Å². The smallest absolute Gasteiger partial charge is 0.309 e. The first-order valence-electron chi connectivity index (χ1n) is 8.06. The number of aliphatic imine (C=N–C) groups is 1. The largest absolute Gasteiger partial charge is 0.466 e. The molecule has 2 unspecified atom stereocenters. The summed E-state index contributed by atoms with van der Waals surface area (Å²) in [6.07, 6.45) is 4.24. The van der Waals surface area contributed by atoms with E-state index in [2.05, 4.69) is 10.3 Å². The van der Waals surface area contributed by atoms with Crippen LogP contribution in [0, 0.1) is 5.92 Å². The predicted octanol–water partition coefficient (Wildman–Crippen LogP) is 2.98. The molecule has 0 spiro atoms. The fourth-order valence-electron chi connectivity index (χ4n) is 2.28. The zero-order chi connectivity index (χ0) is 18.7. The predicted molar refractivity (Wildman–Crippen MR) is 99.2 cm³/mol. The van der Waals surface area contributed by atoms with E-state index in [0.717, 1.165) is 5.56 Å². The molecule has 1 amide bonds. The minimum absolute atomic E-state index is 0.0233. The molecule has 0 aliphatic rings. The minimum atomic E-state index is -0.326. The summed E-state index contributed by atoms with van der Waals surface area (Å²) in [4.78, 5) is 26.1. The number of halogens is 1. The molecular weight excluding hydrogens is 342 g/mol. The number of hydrogen-bond acceptors (Lipinski definition) is 5. The third-order valence-corrected chi connectivity index (χ3v) is 3.80. The molecule has 1 rings (SSSR count). The van der Waals surface area contributed by atoms with E-state index in [0.29, 0.717) is 30.2 Å². The van der Waals surface area contributed by atoms with Crippen molar-refractivity contribution >= 4 is 30.3 Å². The number of nitrogens with one attached hydrogen (secondary N) is 1. The second-order valence-corrected chi connectivity index (χ2v) is 5.91. The summed E-state index contributed by atoms with van der Waals surface area (Å²) in [6, 6.07) is 7.17. The van der Waals surface area contributed by atoms with Gasteiger partial charge in [0.15, 0.2) is 0 Å². The lowest BCUT2D eigenvalue weighted by Gasteiger charge is -2.18. The van der Waals surface area contributed by atoms with Crippen molar-refractivity contribution in [3.05, 3.63) is 46.6 Å². The van der Waals surface area contributed by atoms with Gasteiger partial charge in [0, 0.05) is 16.8 Å². The molecule has 6 nitrogen and oxygen atoms in total. The number of ether oxygens (including phenoxy) is 1. The number of esters is 1. The Hall–Kier alpha value is -2.18. The second kappa shape index (κ2) is 11.4. The molecule has 0 aliphatic carbocycles. The van der Waals surface area contributed by atoms with E-state index < -0.39 is 0 Å². The summed E-state index contributed by atoms with van der Waals surface area (Å²) in [7, 11) is 0. The SMILES string of the molecule is CCOC(=O)C/C=C(\N=CNC=O)C(C)CC(N)c1ccc(Cl)cc1. The van der Waals surface area contributed by atoms with Gasteiger partial charge >= 0.3 is 5.97 Å². The first kappa shape index (κ1) is 20.9. The van der Waals surface area contributed by atoms with E-state index in [1.54, 1.807) is 25.1 Å². The number of carbonyl (C=O) groups excluding carboxylic acids is 2. The molecule has 0 fully saturated rings. The fourth-order valence-corrected chi connectivity index (χ4v) is 2.40. The highest BCUT2D eigenvalue weighted by Crippen LogP contribution is 2.25. The maximum absolute atomic E-state index is 11.5. The Bertz CT molecular complexity index is 614. The van der Waals surface area contributed by atoms with E-state index in [1.165, 1.54) is 6.34 Å². The monoisotopic (exact) mass is 365 g/mol. The van der Waals surface area contributed by atoms with Gasteiger partial charge in [-0.15, -0.1) is 0 Å². The summed E-state index contributed by atoms with van der Waals surface area (Å²) >= 11 is 5.89. The van der Waals surface area contributed by atoms with Crippen LogP contribution < -0.4 is 11.1 Å². The second-order valence-electron chi connectivity index (χ2n) is 5.48. The molecule has 7 heteroatoms. The van der Waals surface area contributed by atoms with Crippen LogP contribution in [0.5, 0.6) is 0 Å². The Kier molecular flexibility index (Phi) is 9.50. The van der Waals surface area contributed by atoms with Crippen molar-refractivity contribution in [1.82, 2.24) is 5.32 Å². The molecule has 0 aliphatic heterocycles. The Labute approximate surface area is 153 Å². The van der Waals surface area contributed by atoms with Crippen LogP contribution >= 0.6 is 11.6 Å². The standard InChI is InChI=1S/C18H24ClN3O3/c1-3-25-18(24)9-8-17(22-11-21-12-23)13(2)10-16(20)14-4-6-15(19)7-5-14/h4-8,11-13,16H,3,9-10,20H2,1-2H3,(H,21,22,23)/b17-8-. The quantitative estimate of drug-likeness (QED) is 0.288. The Morgan fingerprint density at radius 2 is 2.08 bits per heavy atom. The average Bonchev–Trinajstić information content (AvgIpc) is 2.58. The lowest BCUT2D eigenvalue weighted by atomic mass is 9.94. The molecule has 0 bridgehead atoms. The van der Waals surface area contributed by atoms with Gasteiger partial charge in [0.2, 0.25) is 6.41 Å². The van der Waals surface area contributed by atoms with Crippen molar-refractivity contribution in [2.45, 2.75) is 32.7 Å². The summed E-state index contributed by atoms with van der Waals surface area (Å²) in [5, 5.41) is 3.02. The van der Waals surface area contributed by atoms with E-state index in [1.807, 2.05) is 19.1 Å². The van der Waals surface area contributed by atoms with Crippen molar-refractivity contribution in [3.63, 3.8) is 0 Å². The van der Waals surface area contributed by atoms with Crippen LogP contribution in [-0.4, -0.2) is 25.3 Å². The maximum atomic E-state index is 11.5. The van der Waals surface area contributed by atoms with Gasteiger partial charge in [-0.05, 0) is 37.0 Å². The van der Waals surface area contributed by atoms with E-state index in [4.69, 9.17) is 22.1 Å². The number of benzene rings is 1. The molecule has 1 aromatic rings. The summed E-state index contributed by atoms with van der Waals surface area (Å²) in [6.45, 7) is 4.04. The molecule has 2 atom stereocenters. The van der Waals surface area contributed by atoms with Gasteiger partial charge in [-0.25, -0.2) is 4.99 Å². The number of allylic oxidation sites excluding steroid dienone is 1. The number of hydrogen-bond donors (Lipinski definition) is 2. The Balaban J connectivity index is 2.80. The van der Waals surface area contributed by atoms with E-state index >= 15 is 0 Å². The number of nitrogens with two attached hydrogens (primary N) is 1. The summed E-state index contributed by atoms with van der Waals surface area (Å²) in [5.74, 6) is -0.349. The number of nitrogens with zero attached hydrogens (tertiary/aromatic N) is 1. The van der Waals surface area contributed by atoms with Crippen molar-refractivity contribution in [3.8, 4) is 0 Å². The van der Waals surface area contributed by atoms with E-state index in [9.17, 15) is 9.59 Å². The summed E-state index contributed by atoms with van der Waals surface area (Å²) < 4.78 is 4.91. The van der Waals surface area contributed by atoms with Gasteiger partial charge in [-0.2, -0.15) is 0 Å². The molecule has 0 heterocycles. The first-order valence-corrected chi connectivity index (χ1v) is 8.44. The first-order chi connectivity index (χ1) is 12.0. The molecule has 25 heavy (non-hydrogen) atoms. The van der Waals surface area contributed by atoms with Crippen molar-refractivity contribution < 1.29 is 14.3 Å². The van der Waals surface area contributed by atoms with Crippen LogP contribution in [0.15, 0.2) is 41.0 Å². The maximum Gasteiger partial charge on any atom is 0.309 e. The van der Waals surface area contributed by atoms with Crippen LogP contribution in [0.3, 0.4) is 0 Å². The van der Waals surface area contributed by atoms with Crippen molar-refractivity contribution in [2.24, 2.45) is 16.6 Å². The van der Waals surface area contributed by atoms with E-state index in [-0.39, 0.29) is 24.3 Å². The highest BCUT2D eigenvalue weighted by molar-refractivity contribution is 6.30.